The molecule has 1 aromatic carbocycles. The van der Waals surface area contributed by atoms with E-state index in [-0.39, 0.29) is 0 Å². The summed E-state index contributed by atoms with van der Waals surface area (Å²) in [4.78, 5) is 0.761. The Balaban J connectivity index is 3.04. The molecule has 0 amide bonds. The Kier molecular flexibility index (Phi) is 3.21. The molecule has 0 saturated heterocycles. The van der Waals surface area contributed by atoms with Crippen LogP contribution in [0.1, 0.15) is 12.5 Å². The lowest BCUT2D eigenvalue weighted by atomic mass is 10.2. The lowest BCUT2D eigenvalue weighted by Gasteiger charge is -2.05. The van der Waals surface area contributed by atoms with Gasteiger partial charge in [-0.05, 0) is 25.5 Å². The summed E-state index contributed by atoms with van der Waals surface area (Å²) < 4.78 is 11.7. The largest absolute Gasteiger partial charge is 0.253 e. The van der Waals surface area contributed by atoms with Gasteiger partial charge in [-0.2, -0.15) is 5.26 Å². The van der Waals surface area contributed by atoms with Crippen LogP contribution < -0.4 is 0 Å². The lowest BCUT2D eigenvalue weighted by Crippen LogP contribution is -2.08. The lowest BCUT2D eigenvalue weighted by molar-refractivity contribution is 0.679. The van der Waals surface area contributed by atoms with E-state index >= 15 is 0 Å². The van der Waals surface area contributed by atoms with Crippen LogP contribution in [0, 0.1) is 18.3 Å². The van der Waals surface area contributed by atoms with E-state index in [0.29, 0.717) is 0 Å². The number of aryl methyl sites for hydroxylation is 1. The Hall–Kier alpha value is -1.14. The highest BCUT2D eigenvalue weighted by Gasteiger charge is 2.13. The molecule has 0 aliphatic rings. The molecule has 3 heteroatoms. The second kappa shape index (κ2) is 4.20. The molecule has 1 aromatic rings. The molecule has 13 heavy (non-hydrogen) atoms. The van der Waals surface area contributed by atoms with Crippen LogP contribution in [0.2, 0.25) is 0 Å². The van der Waals surface area contributed by atoms with Crippen molar-refractivity contribution in [2.45, 2.75) is 24.0 Å². The zero-order valence-electron chi connectivity index (χ0n) is 7.65. The van der Waals surface area contributed by atoms with Crippen LogP contribution in [0.25, 0.3) is 0 Å². The number of rotatable bonds is 2. The fraction of sp³-hybridized carbons (Fsp3) is 0.300. The molecule has 1 rings (SSSR count). The number of nitrogens with zero attached hydrogens (tertiary/aromatic N) is 1. The summed E-state index contributed by atoms with van der Waals surface area (Å²) in [5, 5.41) is 8.17. The summed E-state index contributed by atoms with van der Waals surface area (Å²) in [7, 11) is -1.20. The smallest absolute Gasteiger partial charge is 0.123 e. The van der Waals surface area contributed by atoms with Gasteiger partial charge < -0.3 is 0 Å². The van der Waals surface area contributed by atoms with Crippen LogP contribution in [-0.2, 0) is 10.8 Å². The quantitative estimate of drug-likeness (QED) is 0.721. The van der Waals surface area contributed by atoms with Crippen molar-refractivity contribution < 1.29 is 4.21 Å². The first kappa shape index (κ1) is 9.94. The number of hydrogen-bond acceptors (Lipinski definition) is 2. The third kappa shape index (κ3) is 2.16. The summed E-state index contributed by atoms with van der Waals surface area (Å²) in [6.07, 6.45) is 0. The Labute approximate surface area is 80.7 Å². The van der Waals surface area contributed by atoms with Crippen molar-refractivity contribution >= 4 is 10.8 Å². The maximum atomic E-state index is 11.7. The molecule has 0 radical (unpaired) electrons. The minimum absolute atomic E-state index is 0.443. The van der Waals surface area contributed by atoms with Crippen LogP contribution in [0.4, 0.5) is 0 Å². The standard InChI is InChI=1S/C10H11NOS/c1-8-5-3-4-6-10(8)13(12)9(2)7-11/h3-6,9H,1-2H3. The van der Waals surface area contributed by atoms with E-state index in [0.717, 1.165) is 10.5 Å². The normalized spacial score (nSPS) is 14.5. The molecule has 0 spiro atoms. The average Bonchev–Trinajstić information content (AvgIpc) is 2.16. The van der Waals surface area contributed by atoms with E-state index < -0.39 is 16.0 Å². The first-order valence-electron chi connectivity index (χ1n) is 4.02. The Bertz CT molecular complexity index is 367. The molecule has 2 nitrogen and oxygen atoms in total. The van der Waals surface area contributed by atoms with Crippen LogP contribution >= 0.6 is 0 Å². The molecule has 0 aliphatic heterocycles. The molecular weight excluding hydrogens is 182 g/mol. The predicted octanol–water partition coefficient (Wildman–Crippen LogP) is 2.01. The highest BCUT2D eigenvalue weighted by Crippen LogP contribution is 2.15. The summed E-state index contributed by atoms with van der Waals surface area (Å²) in [5.41, 5.74) is 0.975. The zero-order chi connectivity index (χ0) is 9.84. The summed E-state index contributed by atoms with van der Waals surface area (Å²) >= 11 is 0. The first-order valence-corrected chi connectivity index (χ1v) is 5.24. The molecule has 0 fully saturated rings. The minimum Gasteiger partial charge on any atom is -0.253 e. The van der Waals surface area contributed by atoms with Crippen LogP contribution in [0.5, 0.6) is 0 Å². The van der Waals surface area contributed by atoms with E-state index in [1.165, 1.54) is 0 Å². The highest BCUT2D eigenvalue weighted by atomic mass is 32.2. The third-order valence-corrected chi connectivity index (χ3v) is 3.45. The van der Waals surface area contributed by atoms with Gasteiger partial charge in [-0.1, -0.05) is 18.2 Å². The van der Waals surface area contributed by atoms with Crippen molar-refractivity contribution in [3.05, 3.63) is 29.8 Å². The summed E-state index contributed by atoms with van der Waals surface area (Å²) in [6, 6.07) is 9.43. The van der Waals surface area contributed by atoms with Crippen molar-refractivity contribution in [1.82, 2.24) is 0 Å². The van der Waals surface area contributed by atoms with E-state index in [1.54, 1.807) is 13.0 Å². The van der Waals surface area contributed by atoms with Gasteiger partial charge in [0.2, 0.25) is 0 Å². The molecule has 0 heterocycles. The maximum absolute atomic E-state index is 11.7. The second-order valence-corrected chi connectivity index (χ2v) is 4.58. The molecule has 0 N–H and O–H groups in total. The van der Waals surface area contributed by atoms with Crippen molar-refractivity contribution in [3.63, 3.8) is 0 Å². The van der Waals surface area contributed by atoms with E-state index in [4.69, 9.17) is 5.26 Å². The van der Waals surface area contributed by atoms with Crippen molar-refractivity contribution in [1.29, 1.82) is 5.26 Å². The monoisotopic (exact) mass is 193 g/mol. The molecule has 2 atom stereocenters. The first-order chi connectivity index (χ1) is 6.16. The molecule has 68 valence electrons. The molecule has 0 bridgehead atoms. The van der Waals surface area contributed by atoms with Gasteiger partial charge in [0, 0.05) is 4.90 Å². The van der Waals surface area contributed by atoms with Gasteiger partial charge in [0.05, 0.1) is 16.9 Å². The third-order valence-electron chi connectivity index (χ3n) is 1.81. The molecule has 0 aromatic heterocycles. The summed E-state index contributed by atoms with van der Waals surface area (Å²) in [6.45, 7) is 3.57. The number of nitriles is 1. The zero-order valence-corrected chi connectivity index (χ0v) is 8.47. The van der Waals surface area contributed by atoms with Crippen LogP contribution in [0.3, 0.4) is 0 Å². The summed E-state index contributed by atoms with van der Waals surface area (Å²) in [5.74, 6) is 0. The molecular formula is C10H11NOS. The van der Waals surface area contributed by atoms with Crippen molar-refractivity contribution in [2.24, 2.45) is 0 Å². The van der Waals surface area contributed by atoms with Crippen LogP contribution in [-0.4, -0.2) is 9.46 Å². The Morgan fingerprint density at radius 2 is 2.08 bits per heavy atom. The van der Waals surface area contributed by atoms with Crippen molar-refractivity contribution in [3.8, 4) is 6.07 Å². The van der Waals surface area contributed by atoms with Gasteiger partial charge in [0.1, 0.15) is 5.25 Å². The second-order valence-electron chi connectivity index (χ2n) is 2.83. The fourth-order valence-electron chi connectivity index (χ4n) is 1.02. The van der Waals surface area contributed by atoms with Gasteiger partial charge >= 0.3 is 0 Å². The SMILES string of the molecule is Cc1ccccc1S(=O)C(C)C#N. The van der Waals surface area contributed by atoms with Gasteiger partial charge in [-0.25, -0.2) is 0 Å². The Morgan fingerprint density at radius 3 is 2.62 bits per heavy atom. The minimum atomic E-state index is -1.20. The number of benzene rings is 1. The molecule has 2 unspecified atom stereocenters. The van der Waals surface area contributed by atoms with Gasteiger partial charge in [-0.15, -0.1) is 0 Å². The van der Waals surface area contributed by atoms with Crippen LogP contribution in [0.15, 0.2) is 29.2 Å². The topological polar surface area (TPSA) is 40.9 Å². The van der Waals surface area contributed by atoms with Gasteiger partial charge in [-0.3, -0.25) is 4.21 Å². The van der Waals surface area contributed by atoms with Gasteiger partial charge in [0.25, 0.3) is 0 Å². The molecule has 0 aliphatic carbocycles. The fourth-order valence-corrected chi connectivity index (χ4v) is 2.10. The maximum Gasteiger partial charge on any atom is 0.123 e. The molecule has 0 saturated carbocycles. The van der Waals surface area contributed by atoms with Crippen molar-refractivity contribution in [2.75, 3.05) is 0 Å². The number of hydrogen-bond donors (Lipinski definition) is 0. The van der Waals surface area contributed by atoms with Gasteiger partial charge in [0.15, 0.2) is 0 Å². The highest BCUT2D eigenvalue weighted by molar-refractivity contribution is 7.86. The van der Waals surface area contributed by atoms with E-state index in [1.807, 2.05) is 31.2 Å². The Morgan fingerprint density at radius 1 is 1.46 bits per heavy atom. The predicted molar refractivity (Wildman–Crippen MR) is 52.7 cm³/mol. The average molecular weight is 193 g/mol. The van der Waals surface area contributed by atoms with E-state index in [2.05, 4.69) is 0 Å². The van der Waals surface area contributed by atoms with E-state index in [9.17, 15) is 4.21 Å².